The van der Waals surface area contributed by atoms with Crippen LogP contribution < -0.4 is 15.2 Å². The zero-order valence-corrected chi connectivity index (χ0v) is 10.9. The van der Waals surface area contributed by atoms with E-state index in [1.54, 1.807) is 14.2 Å². The van der Waals surface area contributed by atoms with Gasteiger partial charge in [-0.15, -0.1) is 0 Å². The summed E-state index contributed by atoms with van der Waals surface area (Å²) in [4.78, 5) is 0. The lowest BCUT2D eigenvalue weighted by atomic mass is 10.1. The minimum absolute atomic E-state index is 0.0817. The maximum Gasteiger partial charge on any atom is 0.196 e. The standard InChI is InChI=1S/C13H19NO4/c1-13(17-8-10(7-14)18-13)11-5-4-9(15-2)6-12(11)16-3/h4-6,10H,7-8,14H2,1-3H3. The first-order valence-corrected chi connectivity index (χ1v) is 5.87. The Kier molecular flexibility index (Phi) is 3.75. The average Bonchev–Trinajstić information content (AvgIpc) is 2.81. The summed E-state index contributed by atoms with van der Waals surface area (Å²) in [5, 5.41) is 0. The molecule has 0 amide bonds. The van der Waals surface area contributed by atoms with E-state index in [9.17, 15) is 0 Å². The molecular weight excluding hydrogens is 234 g/mol. The molecule has 2 atom stereocenters. The van der Waals surface area contributed by atoms with Crippen LogP contribution in [0.25, 0.3) is 0 Å². The van der Waals surface area contributed by atoms with Crippen molar-refractivity contribution in [1.29, 1.82) is 0 Å². The Morgan fingerprint density at radius 2 is 2.17 bits per heavy atom. The van der Waals surface area contributed by atoms with Crippen molar-refractivity contribution in [2.24, 2.45) is 5.73 Å². The lowest BCUT2D eigenvalue weighted by Crippen LogP contribution is -2.27. The Morgan fingerprint density at radius 3 is 2.72 bits per heavy atom. The maximum absolute atomic E-state index is 5.83. The van der Waals surface area contributed by atoms with E-state index in [1.165, 1.54) is 0 Å². The molecular formula is C13H19NO4. The van der Waals surface area contributed by atoms with E-state index in [2.05, 4.69) is 0 Å². The van der Waals surface area contributed by atoms with Crippen molar-refractivity contribution in [2.75, 3.05) is 27.4 Å². The van der Waals surface area contributed by atoms with Crippen LogP contribution >= 0.6 is 0 Å². The van der Waals surface area contributed by atoms with Gasteiger partial charge in [-0.3, -0.25) is 0 Å². The van der Waals surface area contributed by atoms with Gasteiger partial charge >= 0.3 is 0 Å². The number of methoxy groups -OCH3 is 2. The summed E-state index contributed by atoms with van der Waals surface area (Å²) in [6.45, 7) is 2.79. The molecule has 18 heavy (non-hydrogen) atoms. The first-order valence-electron chi connectivity index (χ1n) is 5.87. The molecule has 5 heteroatoms. The zero-order valence-electron chi connectivity index (χ0n) is 10.9. The van der Waals surface area contributed by atoms with Crippen LogP contribution in [0.15, 0.2) is 18.2 Å². The Labute approximate surface area is 107 Å². The molecule has 1 fully saturated rings. The van der Waals surface area contributed by atoms with Crippen LogP contribution in [-0.4, -0.2) is 33.5 Å². The Morgan fingerprint density at radius 1 is 1.39 bits per heavy atom. The largest absolute Gasteiger partial charge is 0.497 e. The molecule has 1 saturated heterocycles. The van der Waals surface area contributed by atoms with Crippen LogP contribution in [0.2, 0.25) is 0 Å². The Balaban J connectivity index is 2.32. The average molecular weight is 253 g/mol. The molecule has 100 valence electrons. The van der Waals surface area contributed by atoms with Gasteiger partial charge in [0.1, 0.15) is 11.5 Å². The molecule has 0 aliphatic carbocycles. The topological polar surface area (TPSA) is 62.9 Å². The predicted octanol–water partition coefficient (Wildman–Crippen LogP) is 1.25. The van der Waals surface area contributed by atoms with Crippen molar-refractivity contribution >= 4 is 0 Å². The lowest BCUT2D eigenvalue weighted by molar-refractivity contribution is -0.161. The van der Waals surface area contributed by atoms with Gasteiger partial charge in [-0.25, -0.2) is 0 Å². The molecule has 2 unspecified atom stereocenters. The first kappa shape index (κ1) is 13.1. The summed E-state index contributed by atoms with van der Waals surface area (Å²) in [6, 6.07) is 5.55. The fourth-order valence-electron chi connectivity index (χ4n) is 2.07. The second-order valence-electron chi connectivity index (χ2n) is 4.30. The van der Waals surface area contributed by atoms with Gasteiger partial charge in [-0.2, -0.15) is 0 Å². The van der Waals surface area contributed by atoms with Crippen molar-refractivity contribution in [2.45, 2.75) is 18.8 Å². The summed E-state index contributed by atoms with van der Waals surface area (Å²) in [5.74, 6) is 0.587. The summed E-state index contributed by atoms with van der Waals surface area (Å²) >= 11 is 0. The number of nitrogens with two attached hydrogens (primary N) is 1. The van der Waals surface area contributed by atoms with Crippen molar-refractivity contribution < 1.29 is 18.9 Å². The highest BCUT2D eigenvalue weighted by Crippen LogP contribution is 2.40. The van der Waals surface area contributed by atoms with E-state index < -0.39 is 5.79 Å². The van der Waals surface area contributed by atoms with Crippen LogP contribution in [0.4, 0.5) is 0 Å². The maximum atomic E-state index is 5.83. The summed E-state index contributed by atoms with van der Waals surface area (Å²) in [7, 11) is 3.22. The fraction of sp³-hybridized carbons (Fsp3) is 0.538. The second kappa shape index (κ2) is 5.14. The van der Waals surface area contributed by atoms with E-state index in [0.29, 0.717) is 18.9 Å². The van der Waals surface area contributed by atoms with Crippen molar-refractivity contribution in [1.82, 2.24) is 0 Å². The normalized spacial score (nSPS) is 27.2. The summed E-state index contributed by atoms with van der Waals surface area (Å²) in [5.41, 5.74) is 6.43. The van der Waals surface area contributed by atoms with E-state index in [4.69, 9.17) is 24.7 Å². The van der Waals surface area contributed by atoms with E-state index in [1.807, 2.05) is 25.1 Å². The van der Waals surface area contributed by atoms with Crippen molar-refractivity contribution in [3.8, 4) is 11.5 Å². The van der Waals surface area contributed by atoms with Crippen molar-refractivity contribution in [3.63, 3.8) is 0 Å². The minimum Gasteiger partial charge on any atom is -0.497 e. The van der Waals surface area contributed by atoms with E-state index in [0.717, 1.165) is 11.3 Å². The molecule has 1 aromatic carbocycles. The van der Waals surface area contributed by atoms with Gasteiger partial charge in [-0.1, -0.05) is 0 Å². The number of benzene rings is 1. The van der Waals surface area contributed by atoms with Gasteiger partial charge in [0.25, 0.3) is 0 Å². The number of ether oxygens (including phenoxy) is 4. The SMILES string of the molecule is COc1ccc(C2(C)OCC(CN)O2)c(OC)c1. The Hall–Kier alpha value is -1.30. The number of rotatable bonds is 4. The quantitative estimate of drug-likeness (QED) is 0.875. The summed E-state index contributed by atoms with van der Waals surface area (Å²) < 4.78 is 22.1. The third-order valence-corrected chi connectivity index (χ3v) is 3.10. The molecule has 0 bridgehead atoms. The van der Waals surface area contributed by atoms with Crippen LogP contribution in [0.1, 0.15) is 12.5 Å². The molecule has 0 aromatic heterocycles. The third-order valence-electron chi connectivity index (χ3n) is 3.10. The number of hydrogen-bond acceptors (Lipinski definition) is 5. The fourth-order valence-corrected chi connectivity index (χ4v) is 2.07. The minimum atomic E-state index is -0.818. The van der Waals surface area contributed by atoms with Gasteiger partial charge in [0.05, 0.1) is 32.5 Å². The molecule has 2 rings (SSSR count). The first-order chi connectivity index (χ1) is 8.62. The molecule has 0 radical (unpaired) electrons. The van der Waals surface area contributed by atoms with E-state index in [-0.39, 0.29) is 6.10 Å². The highest BCUT2D eigenvalue weighted by atomic mass is 16.7. The van der Waals surface area contributed by atoms with Gasteiger partial charge in [0.15, 0.2) is 5.79 Å². The smallest absolute Gasteiger partial charge is 0.196 e. The summed E-state index contributed by atoms with van der Waals surface area (Å²) in [6.07, 6.45) is -0.0817. The lowest BCUT2D eigenvalue weighted by Gasteiger charge is -2.25. The van der Waals surface area contributed by atoms with Crippen LogP contribution in [-0.2, 0) is 15.3 Å². The highest BCUT2D eigenvalue weighted by molar-refractivity contribution is 5.43. The molecule has 0 saturated carbocycles. The number of hydrogen-bond donors (Lipinski definition) is 1. The van der Waals surface area contributed by atoms with Gasteiger partial charge in [0.2, 0.25) is 0 Å². The molecule has 0 spiro atoms. The van der Waals surface area contributed by atoms with Gasteiger partial charge in [0, 0.05) is 12.6 Å². The van der Waals surface area contributed by atoms with Crippen molar-refractivity contribution in [3.05, 3.63) is 23.8 Å². The molecule has 5 nitrogen and oxygen atoms in total. The highest BCUT2D eigenvalue weighted by Gasteiger charge is 2.40. The van der Waals surface area contributed by atoms with Crippen LogP contribution in [0, 0.1) is 0 Å². The molecule has 1 aliphatic rings. The molecule has 1 aliphatic heterocycles. The van der Waals surface area contributed by atoms with Gasteiger partial charge < -0.3 is 24.7 Å². The zero-order chi connectivity index (χ0) is 13.2. The molecule has 1 heterocycles. The van der Waals surface area contributed by atoms with E-state index >= 15 is 0 Å². The molecule has 1 aromatic rings. The third kappa shape index (κ3) is 2.29. The van der Waals surface area contributed by atoms with Gasteiger partial charge in [-0.05, 0) is 19.1 Å². The second-order valence-corrected chi connectivity index (χ2v) is 4.30. The van der Waals surface area contributed by atoms with Crippen LogP contribution in [0.5, 0.6) is 11.5 Å². The molecule has 2 N–H and O–H groups in total. The van der Waals surface area contributed by atoms with Crippen LogP contribution in [0.3, 0.4) is 0 Å². The predicted molar refractivity (Wildman–Crippen MR) is 66.8 cm³/mol. The Bertz CT molecular complexity index is 423. The monoisotopic (exact) mass is 253 g/mol.